The Morgan fingerprint density at radius 3 is 2.52 bits per heavy atom. The molecule has 2 N–H and O–H groups in total. The van der Waals surface area contributed by atoms with E-state index in [1.54, 1.807) is 12.1 Å². The van der Waals surface area contributed by atoms with E-state index >= 15 is 0 Å². The van der Waals surface area contributed by atoms with Gasteiger partial charge in [-0.05, 0) is 44.2 Å². The third kappa shape index (κ3) is 4.35. The maximum Gasteiger partial charge on any atom is 0.131 e. The number of nitrogens with zero attached hydrogens (tertiary/aromatic N) is 2. The average molecular weight is 392 g/mol. The second-order valence-corrected chi connectivity index (χ2v) is 6.79. The van der Waals surface area contributed by atoms with Crippen molar-refractivity contribution in [3.63, 3.8) is 0 Å². The van der Waals surface area contributed by atoms with Crippen molar-refractivity contribution in [3.05, 3.63) is 81.6 Å². The Balaban J connectivity index is 1.68. The van der Waals surface area contributed by atoms with Crippen LogP contribution in [0.15, 0.2) is 42.5 Å². The zero-order chi connectivity index (χ0) is 19.6. The highest BCUT2D eigenvalue weighted by Crippen LogP contribution is 2.21. The second kappa shape index (κ2) is 8.17. The van der Waals surface area contributed by atoms with Crippen LogP contribution in [0, 0.1) is 25.5 Å². The number of aryl methyl sites for hydroxylation is 1. The summed E-state index contributed by atoms with van der Waals surface area (Å²) >= 11 is 5.93. The van der Waals surface area contributed by atoms with E-state index in [1.165, 1.54) is 6.07 Å². The number of aliphatic hydroxyl groups is 1. The number of rotatable bonds is 6. The van der Waals surface area contributed by atoms with E-state index in [2.05, 4.69) is 10.4 Å². The Morgan fingerprint density at radius 2 is 1.85 bits per heavy atom. The summed E-state index contributed by atoms with van der Waals surface area (Å²) in [6.07, 6.45) is -1.07. The number of hydrogen-bond acceptors (Lipinski definition) is 3. The van der Waals surface area contributed by atoms with Gasteiger partial charge < -0.3 is 10.4 Å². The van der Waals surface area contributed by atoms with Crippen molar-refractivity contribution in [2.75, 3.05) is 6.54 Å². The molecule has 1 aromatic heterocycles. The molecule has 0 spiro atoms. The van der Waals surface area contributed by atoms with Gasteiger partial charge >= 0.3 is 0 Å². The first-order chi connectivity index (χ1) is 12.9. The molecule has 0 aliphatic heterocycles. The van der Waals surface area contributed by atoms with Gasteiger partial charge in [0.15, 0.2) is 0 Å². The molecule has 27 heavy (non-hydrogen) atoms. The van der Waals surface area contributed by atoms with E-state index in [0.29, 0.717) is 11.6 Å². The first kappa shape index (κ1) is 19.5. The van der Waals surface area contributed by atoms with Gasteiger partial charge in [0.25, 0.3) is 0 Å². The molecule has 1 unspecified atom stereocenters. The van der Waals surface area contributed by atoms with Gasteiger partial charge in [-0.15, -0.1) is 0 Å². The van der Waals surface area contributed by atoms with Crippen LogP contribution in [0.4, 0.5) is 8.78 Å². The van der Waals surface area contributed by atoms with Crippen molar-refractivity contribution in [2.45, 2.75) is 26.5 Å². The molecule has 3 aromatic rings. The molecule has 3 rings (SSSR count). The van der Waals surface area contributed by atoms with Crippen molar-refractivity contribution in [1.82, 2.24) is 15.1 Å². The number of nitrogens with one attached hydrogen (secondary N) is 1. The summed E-state index contributed by atoms with van der Waals surface area (Å²) in [7, 11) is 0. The normalized spacial score (nSPS) is 12.4. The fourth-order valence-electron chi connectivity index (χ4n) is 2.98. The molecule has 0 saturated heterocycles. The lowest BCUT2D eigenvalue weighted by Gasteiger charge is -2.13. The van der Waals surface area contributed by atoms with Gasteiger partial charge in [-0.25, -0.2) is 13.5 Å². The molecule has 7 heteroatoms. The van der Waals surface area contributed by atoms with Crippen LogP contribution < -0.4 is 5.32 Å². The predicted octanol–water partition coefficient (Wildman–Crippen LogP) is 4.24. The van der Waals surface area contributed by atoms with Crippen molar-refractivity contribution in [1.29, 1.82) is 0 Å². The van der Waals surface area contributed by atoms with Crippen molar-refractivity contribution < 1.29 is 13.9 Å². The summed E-state index contributed by atoms with van der Waals surface area (Å²) in [6.45, 7) is 4.47. The number of halogens is 3. The second-order valence-electron chi connectivity index (χ2n) is 6.35. The number of aliphatic hydroxyl groups excluding tert-OH is 1. The molecule has 0 saturated carbocycles. The highest BCUT2D eigenvalue weighted by molar-refractivity contribution is 6.30. The highest BCUT2D eigenvalue weighted by Gasteiger charge is 2.16. The molecule has 0 aliphatic rings. The van der Waals surface area contributed by atoms with E-state index in [9.17, 15) is 13.9 Å². The molecule has 0 aliphatic carbocycles. The molecule has 4 nitrogen and oxygen atoms in total. The summed E-state index contributed by atoms with van der Waals surface area (Å²) in [4.78, 5) is 0. The Morgan fingerprint density at radius 1 is 1.15 bits per heavy atom. The number of aromatic nitrogens is 2. The van der Waals surface area contributed by atoms with Crippen molar-refractivity contribution in [2.24, 2.45) is 0 Å². The van der Waals surface area contributed by atoms with Crippen LogP contribution in [0.5, 0.6) is 0 Å². The minimum atomic E-state index is -1.07. The van der Waals surface area contributed by atoms with Gasteiger partial charge in [0, 0.05) is 41.0 Å². The Labute approximate surface area is 161 Å². The topological polar surface area (TPSA) is 50.1 Å². The van der Waals surface area contributed by atoms with Crippen molar-refractivity contribution in [3.8, 4) is 5.69 Å². The van der Waals surface area contributed by atoms with Gasteiger partial charge in [0.05, 0.1) is 17.5 Å². The van der Waals surface area contributed by atoms with Crippen LogP contribution >= 0.6 is 11.6 Å². The first-order valence-corrected chi connectivity index (χ1v) is 8.89. The van der Waals surface area contributed by atoms with E-state index in [-0.39, 0.29) is 12.1 Å². The lowest BCUT2D eigenvalue weighted by Crippen LogP contribution is -2.22. The smallest absolute Gasteiger partial charge is 0.131 e. The zero-order valence-corrected chi connectivity index (χ0v) is 15.8. The summed E-state index contributed by atoms with van der Waals surface area (Å²) in [5, 5.41) is 18.5. The molecular formula is C20H20ClF2N3O. The van der Waals surface area contributed by atoms with Gasteiger partial charge in [-0.3, -0.25) is 0 Å². The van der Waals surface area contributed by atoms with Crippen LogP contribution in [-0.2, 0) is 6.54 Å². The van der Waals surface area contributed by atoms with Crippen LogP contribution in [0.3, 0.4) is 0 Å². The first-order valence-electron chi connectivity index (χ1n) is 8.51. The zero-order valence-electron chi connectivity index (χ0n) is 15.0. The van der Waals surface area contributed by atoms with Crippen LogP contribution in [0.2, 0.25) is 5.02 Å². The van der Waals surface area contributed by atoms with E-state index < -0.39 is 17.7 Å². The summed E-state index contributed by atoms with van der Waals surface area (Å²) in [6, 6.07) is 10.5. The molecule has 0 radical (unpaired) electrons. The molecule has 0 bridgehead atoms. The van der Waals surface area contributed by atoms with Gasteiger partial charge in [0.1, 0.15) is 11.6 Å². The molecule has 1 heterocycles. The molecule has 0 amide bonds. The van der Waals surface area contributed by atoms with Gasteiger partial charge in [0.2, 0.25) is 0 Å². The van der Waals surface area contributed by atoms with E-state index in [4.69, 9.17) is 11.6 Å². The van der Waals surface area contributed by atoms with Crippen LogP contribution in [0.1, 0.15) is 28.6 Å². The van der Waals surface area contributed by atoms with Gasteiger partial charge in [-0.1, -0.05) is 17.7 Å². The maximum atomic E-state index is 13.7. The monoisotopic (exact) mass is 391 g/mol. The Kier molecular flexibility index (Phi) is 5.89. The summed E-state index contributed by atoms with van der Waals surface area (Å²) in [5.74, 6) is -1.43. The third-order valence-electron chi connectivity index (χ3n) is 4.47. The minimum absolute atomic E-state index is 0.0641. The molecule has 1 atom stereocenters. The molecular weight excluding hydrogens is 372 g/mol. The van der Waals surface area contributed by atoms with Gasteiger partial charge in [-0.2, -0.15) is 5.10 Å². The predicted molar refractivity (Wildman–Crippen MR) is 101 cm³/mol. The summed E-state index contributed by atoms with van der Waals surface area (Å²) in [5.41, 5.74) is 3.78. The van der Waals surface area contributed by atoms with Crippen LogP contribution in [-0.4, -0.2) is 21.4 Å². The Bertz CT molecular complexity index is 941. The SMILES string of the molecule is Cc1nn(-c2ccc(Cl)cc2)c(C)c1CNCC(O)c1ccc(F)cc1F. The lowest BCUT2D eigenvalue weighted by atomic mass is 10.1. The fraction of sp³-hybridized carbons (Fsp3) is 0.250. The number of hydrogen-bond donors (Lipinski definition) is 2. The highest BCUT2D eigenvalue weighted by atomic mass is 35.5. The Hall–Kier alpha value is -2.28. The third-order valence-corrected chi connectivity index (χ3v) is 4.73. The van der Waals surface area contributed by atoms with E-state index in [1.807, 2.05) is 30.7 Å². The summed E-state index contributed by atoms with van der Waals surface area (Å²) < 4.78 is 28.6. The van der Waals surface area contributed by atoms with Crippen molar-refractivity contribution >= 4 is 11.6 Å². The average Bonchev–Trinajstić information content (AvgIpc) is 2.90. The molecule has 2 aromatic carbocycles. The largest absolute Gasteiger partial charge is 0.387 e. The standard InChI is InChI=1S/C20H20ClF2N3O/c1-12-18(13(2)26(25-12)16-6-3-14(21)4-7-16)10-24-11-20(27)17-8-5-15(22)9-19(17)23/h3-9,20,24,27H,10-11H2,1-2H3. The van der Waals surface area contributed by atoms with E-state index in [0.717, 1.165) is 34.8 Å². The van der Waals surface area contributed by atoms with Crippen LogP contribution in [0.25, 0.3) is 5.69 Å². The lowest BCUT2D eigenvalue weighted by molar-refractivity contribution is 0.169. The quantitative estimate of drug-likeness (QED) is 0.660. The fourth-order valence-corrected chi connectivity index (χ4v) is 3.11. The maximum absolute atomic E-state index is 13.7. The molecule has 0 fully saturated rings. The molecule has 142 valence electrons. The minimum Gasteiger partial charge on any atom is -0.387 e. The number of benzene rings is 2.